The normalized spacial score (nSPS) is 10.2. The van der Waals surface area contributed by atoms with Crippen LogP contribution in [0.15, 0.2) is 48.7 Å². The van der Waals surface area contributed by atoms with Gasteiger partial charge in [-0.05, 0) is 23.8 Å². The minimum absolute atomic E-state index is 0.0355. The molecule has 2 aromatic rings. The van der Waals surface area contributed by atoms with Crippen LogP contribution in [0.2, 0.25) is 5.02 Å². The number of pyridine rings is 1. The molecule has 0 aliphatic heterocycles. The third-order valence-corrected chi connectivity index (χ3v) is 3.61. The second-order valence-electron chi connectivity index (χ2n) is 5.07. The molecule has 0 atom stereocenters. The van der Waals surface area contributed by atoms with E-state index in [0.717, 1.165) is 5.56 Å². The van der Waals surface area contributed by atoms with Gasteiger partial charge in [0.25, 0.3) is 0 Å². The first-order chi connectivity index (χ1) is 12.1. The number of aromatic nitrogens is 1. The van der Waals surface area contributed by atoms with Crippen LogP contribution in [0.3, 0.4) is 0 Å². The molecule has 8 heteroatoms. The maximum atomic E-state index is 11.7. The van der Waals surface area contributed by atoms with Crippen molar-refractivity contribution in [2.24, 2.45) is 0 Å². The second kappa shape index (κ2) is 9.61. The number of amides is 2. The van der Waals surface area contributed by atoms with Crippen LogP contribution < -0.4 is 10.7 Å². The largest absolute Gasteiger partial charge is 0.447 e. The van der Waals surface area contributed by atoms with Gasteiger partial charge in [-0.25, -0.2) is 15.2 Å². The summed E-state index contributed by atoms with van der Waals surface area (Å²) in [5.41, 5.74) is 3.84. The Hall–Kier alpha value is -2.64. The summed E-state index contributed by atoms with van der Waals surface area (Å²) in [6.45, 7) is 2.05. The second-order valence-corrected chi connectivity index (χ2v) is 5.48. The quantitative estimate of drug-likeness (QED) is 0.740. The van der Waals surface area contributed by atoms with Crippen LogP contribution in [0.5, 0.6) is 0 Å². The molecule has 0 fully saturated rings. The number of anilines is 1. The Morgan fingerprint density at radius 3 is 2.64 bits per heavy atom. The van der Waals surface area contributed by atoms with Crippen molar-refractivity contribution in [2.75, 3.05) is 18.5 Å². The summed E-state index contributed by atoms with van der Waals surface area (Å²) in [6.07, 6.45) is 0.930. The number of rotatable bonds is 7. The molecule has 0 aliphatic rings. The average Bonchev–Trinajstić information content (AvgIpc) is 2.59. The number of hydrazine groups is 1. The van der Waals surface area contributed by atoms with Crippen LogP contribution in [0.4, 0.5) is 10.6 Å². The fraction of sp³-hybridized carbons (Fsp3) is 0.235. The van der Waals surface area contributed by atoms with E-state index in [1.165, 1.54) is 11.9 Å². The van der Waals surface area contributed by atoms with Crippen LogP contribution in [0.25, 0.3) is 0 Å². The maximum absolute atomic E-state index is 11.7. The highest BCUT2D eigenvalue weighted by molar-refractivity contribution is 6.31. The first-order valence-electron chi connectivity index (χ1n) is 7.66. The van der Waals surface area contributed by atoms with Crippen LogP contribution in [0.1, 0.15) is 12.5 Å². The van der Waals surface area contributed by atoms with E-state index in [-0.39, 0.29) is 19.1 Å². The van der Waals surface area contributed by atoms with Gasteiger partial charge in [-0.3, -0.25) is 15.1 Å². The lowest BCUT2D eigenvalue weighted by molar-refractivity contribution is -0.132. The van der Waals surface area contributed by atoms with E-state index in [9.17, 15) is 9.59 Å². The van der Waals surface area contributed by atoms with Gasteiger partial charge in [-0.1, -0.05) is 35.9 Å². The van der Waals surface area contributed by atoms with Crippen molar-refractivity contribution in [3.8, 4) is 0 Å². The van der Waals surface area contributed by atoms with Crippen LogP contribution in [0, 0.1) is 0 Å². The van der Waals surface area contributed by atoms with Crippen molar-refractivity contribution in [1.82, 2.24) is 15.4 Å². The standard InChI is InChI=1S/C17H19ClN4O3/c1-13(23)22(20-12-14-6-2-3-7-15(14)18)10-11-25-17(24)21-16-8-4-5-9-19-16/h2-9,20H,10-12H2,1H3,(H,19,21,24). The van der Waals surface area contributed by atoms with Gasteiger partial charge in [0.2, 0.25) is 5.91 Å². The highest BCUT2D eigenvalue weighted by Crippen LogP contribution is 2.14. The average molecular weight is 363 g/mol. The zero-order chi connectivity index (χ0) is 18.1. The molecule has 25 heavy (non-hydrogen) atoms. The number of ether oxygens (including phenoxy) is 1. The molecule has 2 N–H and O–H groups in total. The van der Waals surface area contributed by atoms with Crippen molar-refractivity contribution < 1.29 is 14.3 Å². The van der Waals surface area contributed by atoms with Gasteiger partial charge in [0.05, 0.1) is 6.54 Å². The van der Waals surface area contributed by atoms with Gasteiger partial charge in [0, 0.05) is 24.7 Å². The number of halogens is 1. The van der Waals surface area contributed by atoms with E-state index in [1.54, 1.807) is 30.5 Å². The van der Waals surface area contributed by atoms with E-state index in [4.69, 9.17) is 16.3 Å². The summed E-state index contributed by atoms with van der Waals surface area (Å²) in [5, 5.41) is 4.48. The summed E-state index contributed by atoms with van der Waals surface area (Å²) in [6, 6.07) is 12.5. The molecule has 2 amide bonds. The number of nitrogens with one attached hydrogen (secondary N) is 2. The summed E-state index contributed by atoms with van der Waals surface area (Å²) in [4.78, 5) is 27.3. The number of carbonyl (C=O) groups is 2. The lowest BCUT2D eigenvalue weighted by Crippen LogP contribution is -2.43. The molecule has 0 unspecified atom stereocenters. The van der Waals surface area contributed by atoms with Gasteiger partial charge in [-0.15, -0.1) is 0 Å². The van der Waals surface area contributed by atoms with E-state index in [2.05, 4.69) is 15.7 Å². The Balaban J connectivity index is 1.76. The molecule has 0 spiro atoms. The topological polar surface area (TPSA) is 83.6 Å². The molecule has 1 aromatic heterocycles. The monoisotopic (exact) mass is 362 g/mol. The van der Waals surface area contributed by atoms with Crippen molar-refractivity contribution in [3.05, 3.63) is 59.2 Å². The highest BCUT2D eigenvalue weighted by Gasteiger charge is 2.11. The fourth-order valence-corrected chi connectivity index (χ4v) is 2.18. The van der Waals surface area contributed by atoms with Crippen LogP contribution in [-0.2, 0) is 16.1 Å². The third kappa shape index (κ3) is 6.40. The van der Waals surface area contributed by atoms with Gasteiger partial charge >= 0.3 is 6.09 Å². The third-order valence-electron chi connectivity index (χ3n) is 3.24. The van der Waals surface area contributed by atoms with E-state index >= 15 is 0 Å². The Morgan fingerprint density at radius 1 is 1.20 bits per heavy atom. The maximum Gasteiger partial charge on any atom is 0.412 e. The molecule has 0 saturated heterocycles. The highest BCUT2D eigenvalue weighted by atomic mass is 35.5. The predicted octanol–water partition coefficient (Wildman–Crippen LogP) is 2.84. The van der Waals surface area contributed by atoms with Gasteiger partial charge in [0.15, 0.2) is 0 Å². The van der Waals surface area contributed by atoms with Crippen molar-refractivity contribution in [3.63, 3.8) is 0 Å². The molecule has 1 aromatic carbocycles. The molecule has 132 valence electrons. The number of nitrogens with zero attached hydrogens (tertiary/aromatic N) is 2. The molecular weight excluding hydrogens is 344 g/mol. The van der Waals surface area contributed by atoms with E-state index in [1.807, 2.05) is 18.2 Å². The molecule has 1 heterocycles. The Kier molecular flexibility index (Phi) is 7.18. The predicted molar refractivity (Wildman–Crippen MR) is 94.9 cm³/mol. The summed E-state index contributed by atoms with van der Waals surface area (Å²) in [7, 11) is 0. The first-order valence-corrected chi connectivity index (χ1v) is 8.04. The molecule has 0 bridgehead atoms. The van der Waals surface area contributed by atoms with Gasteiger partial charge in [-0.2, -0.15) is 0 Å². The minimum atomic E-state index is -0.631. The van der Waals surface area contributed by atoms with E-state index in [0.29, 0.717) is 17.4 Å². The lowest BCUT2D eigenvalue weighted by atomic mass is 10.2. The number of carbonyl (C=O) groups excluding carboxylic acids is 2. The summed E-state index contributed by atoms with van der Waals surface area (Å²) < 4.78 is 5.05. The zero-order valence-electron chi connectivity index (χ0n) is 13.7. The van der Waals surface area contributed by atoms with E-state index < -0.39 is 6.09 Å². The van der Waals surface area contributed by atoms with Gasteiger partial charge < -0.3 is 4.74 Å². The molecule has 0 radical (unpaired) electrons. The zero-order valence-corrected chi connectivity index (χ0v) is 14.5. The van der Waals surface area contributed by atoms with Crippen molar-refractivity contribution in [1.29, 1.82) is 0 Å². The Bertz CT molecular complexity index is 712. The summed E-state index contributed by atoms with van der Waals surface area (Å²) >= 11 is 6.08. The molecule has 2 rings (SSSR count). The SMILES string of the molecule is CC(=O)N(CCOC(=O)Nc1ccccn1)NCc1ccccc1Cl. The molecule has 0 aliphatic carbocycles. The Labute approximate surface area is 150 Å². The number of benzene rings is 1. The first kappa shape index (κ1) is 18.7. The minimum Gasteiger partial charge on any atom is -0.447 e. The van der Waals surface area contributed by atoms with Crippen LogP contribution in [-0.4, -0.2) is 35.1 Å². The lowest BCUT2D eigenvalue weighted by Gasteiger charge is -2.22. The molecular formula is C17H19ClN4O3. The number of hydrogen-bond acceptors (Lipinski definition) is 5. The molecule has 7 nitrogen and oxygen atoms in total. The number of hydrogen-bond donors (Lipinski definition) is 2. The van der Waals surface area contributed by atoms with Crippen molar-refractivity contribution >= 4 is 29.4 Å². The molecule has 0 saturated carbocycles. The smallest absolute Gasteiger partial charge is 0.412 e. The van der Waals surface area contributed by atoms with Crippen molar-refractivity contribution in [2.45, 2.75) is 13.5 Å². The van der Waals surface area contributed by atoms with Crippen LogP contribution >= 0.6 is 11.6 Å². The summed E-state index contributed by atoms with van der Waals surface area (Å²) in [5.74, 6) is 0.202. The van der Waals surface area contributed by atoms with Gasteiger partial charge in [0.1, 0.15) is 12.4 Å². The fourth-order valence-electron chi connectivity index (χ4n) is 1.98. The Morgan fingerprint density at radius 2 is 1.96 bits per heavy atom.